The zero-order chi connectivity index (χ0) is 15.8. The lowest BCUT2D eigenvalue weighted by Gasteiger charge is -2.22. The smallest absolute Gasteiger partial charge is 0.335 e. The molecule has 0 aliphatic rings. The van der Waals surface area contributed by atoms with Gasteiger partial charge in [-0.05, 0) is 34.1 Å². The van der Waals surface area contributed by atoms with Crippen molar-refractivity contribution >= 4 is 33.6 Å². The minimum absolute atomic E-state index is 0.0686. The van der Waals surface area contributed by atoms with Gasteiger partial charge in [0.1, 0.15) is 0 Å². The predicted octanol–water partition coefficient (Wildman–Crippen LogP) is 1.62. The second-order valence-electron chi connectivity index (χ2n) is 4.13. The van der Waals surface area contributed by atoms with Crippen molar-refractivity contribution in [2.24, 2.45) is 0 Å². The summed E-state index contributed by atoms with van der Waals surface area (Å²) in [6.07, 6.45) is 0. The van der Waals surface area contributed by atoms with Gasteiger partial charge >= 0.3 is 12.0 Å². The number of carboxylic acids is 1. The summed E-state index contributed by atoms with van der Waals surface area (Å²) in [5.74, 6) is -1.08. The van der Waals surface area contributed by atoms with Crippen LogP contribution in [-0.2, 0) is 4.74 Å². The molecule has 0 aromatic heterocycles. The third kappa shape index (κ3) is 5.33. The van der Waals surface area contributed by atoms with Crippen LogP contribution in [0.1, 0.15) is 10.4 Å². The van der Waals surface area contributed by atoms with Gasteiger partial charge in [0.15, 0.2) is 0 Å². The second-order valence-corrected chi connectivity index (χ2v) is 4.99. The molecule has 0 unspecified atom stereocenters. The van der Waals surface area contributed by atoms with E-state index in [0.29, 0.717) is 23.3 Å². The van der Waals surface area contributed by atoms with Crippen molar-refractivity contribution in [3.8, 4) is 0 Å². The molecule has 0 radical (unpaired) electrons. The van der Waals surface area contributed by atoms with E-state index in [2.05, 4.69) is 21.2 Å². The molecule has 0 aliphatic heterocycles. The van der Waals surface area contributed by atoms with Gasteiger partial charge in [0, 0.05) is 24.7 Å². The van der Waals surface area contributed by atoms with Gasteiger partial charge in [-0.25, -0.2) is 9.59 Å². The van der Waals surface area contributed by atoms with Crippen LogP contribution < -0.4 is 5.32 Å². The highest BCUT2D eigenvalue weighted by Crippen LogP contribution is 2.24. The maximum absolute atomic E-state index is 12.1. The van der Waals surface area contributed by atoms with E-state index in [-0.39, 0.29) is 18.7 Å². The Morgan fingerprint density at radius 2 is 2.10 bits per heavy atom. The molecule has 2 amide bonds. The number of ether oxygens (including phenoxy) is 1. The monoisotopic (exact) mass is 360 g/mol. The molecule has 1 aromatic rings. The SMILES string of the molecule is COCCN(CCO)C(=O)Nc1cc(C(=O)O)ccc1Br. The van der Waals surface area contributed by atoms with Crippen LogP contribution in [0.25, 0.3) is 0 Å². The number of hydrogen-bond donors (Lipinski definition) is 3. The Kier molecular flexibility index (Phi) is 7.13. The molecule has 0 heterocycles. The number of carbonyl (C=O) groups excluding carboxylic acids is 1. The summed E-state index contributed by atoms with van der Waals surface area (Å²) >= 11 is 3.25. The van der Waals surface area contributed by atoms with Crippen molar-refractivity contribution < 1.29 is 24.5 Å². The van der Waals surface area contributed by atoms with Crippen LogP contribution in [-0.4, -0.2) is 60.5 Å². The molecule has 0 aliphatic carbocycles. The summed E-state index contributed by atoms with van der Waals surface area (Å²) in [6, 6.07) is 3.89. The van der Waals surface area contributed by atoms with Crippen LogP contribution >= 0.6 is 15.9 Å². The minimum Gasteiger partial charge on any atom is -0.478 e. The number of amides is 2. The lowest BCUT2D eigenvalue weighted by molar-refractivity contribution is 0.0697. The van der Waals surface area contributed by atoms with Gasteiger partial charge in [-0.3, -0.25) is 0 Å². The summed E-state index contributed by atoms with van der Waals surface area (Å²) in [7, 11) is 1.52. The molecule has 21 heavy (non-hydrogen) atoms. The topological polar surface area (TPSA) is 99.1 Å². The van der Waals surface area contributed by atoms with Crippen LogP contribution in [0.2, 0.25) is 0 Å². The van der Waals surface area contributed by atoms with Gasteiger partial charge in [0.05, 0.1) is 24.5 Å². The predicted molar refractivity (Wildman–Crippen MR) is 80.7 cm³/mol. The van der Waals surface area contributed by atoms with Gasteiger partial charge in [0.2, 0.25) is 0 Å². The van der Waals surface area contributed by atoms with Crippen molar-refractivity contribution in [2.75, 3.05) is 38.7 Å². The Morgan fingerprint density at radius 1 is 1.38 bits per heavy atom. The highest BCUT2D eigenvalue weighted by Gasteiger charge is 2.15. The van der Waals surface area contributed by atoms with Crippen molar-refractivity contribution in [2.45, 2.75) is 0 Å². The number of urea groups is 1. The van der Waals surface area contributed by atoms with Crippen molar-refractivity contribution in [1.29, 1.82) is 0 Å². The molecule has 8 heteroatoms. The highest BCUT2D eigenvalue weighted by molar-refractivity contribution is 9.10. The quantitative estimate of drug-likeness (QED) is 0.686. The summed E-state index contributed by atoms with van der Waals surface area (Å²) in [4.78, 5) is 24.4. The van der Waals surface area contributed by atoms with E-state index in [0.717, 1.165) is 0 Å². The summed E-state index contributed by atoms with van der Waals surface area (Å²) < 4.78 is 5.47. The zero-order valence-corrected chi connectivity index (χ0v) is 13.1. The first-order valence-electron chi connectivity index (χ1n) is 6.18. The van der Waals surface area contributed by atoms with E-state index in [4.69, 9.17) is 14.9 Å². The normalized spacial score (nSPS) is 10.2. The Hall–Kier alpha value is -1.64. The number of aliphatic hydroxyl groups is 1. The number of aliphatic hydroxyl groups excluding tert-OH is 1. The average molecular weight is 361 g/mol. The number of carbonyl (C=O) groups is 2. The Labute approximate surface area is 130 Å². The van der Waals surface area contributed by atoms with Crippen molar-refractivity contribution in [3.05, 3.63) is 28.2 Å². The number of benzene rings is 1. The van der Waals surface area contributed by atoms with Crippen molar-refractivity contribution in [1.82, 2.24) is 4.90 Å². The summed E-state index contributed by atoms with van der Waals surface area (Å²) in [5, 5.41) is 20.5. The summed E-state index contributed by atoms with van der Waals surface area (Å²) in [6.45, 7) is 0.641. The number of nitrogens with zero attached hydrogens (tertiary/aromatic N) is 1. The van der Waals surface area contributed by atoms with Gasteiger partial charge in [0.25, 0.3) is 0 Å². The highest BCUT2D eigenvalue weighted by atomic mass is 79.9. The average Bonchev–Trinajstić information content (AvgIpc) is 2.45. The third-order valence-corrected chi connectivity index (χ3v) is 3.37. The number of nitrogens with one attached hydrogen (secondary N) is 1. The molecule has 0 atom stereocenters. The van der Waals surface area contributed by atoms with E-state index in [1.165, 1.54) is 24.1 Å². The third-order valence-electron chi connectivity index (χ3n) is 2.68. The lowest BCUT2D eigenvalue weighted by Crippen LogP contribution is -2.39. The number of rotatable bonds is 7. The Morgan fingerprint density at radius 3 is 2.67 bits per heavy atom. The first kappa shape index (κ1) is 17.4. The first-order valence-corrected chi connectivity index (χ1v) is 6.97. The Bertz CT molecular complexity index is 509. The molecular formula is C13H17BrN2O5. The number of anilines is 1. The molecule has 116 valence electrons. The second kappa shape index (κ2) is 8.60. The van der Waals surface area contributed by atoms with E-state index in [1.807, 2.05) is 0 Å². The number of halogens is 1. The fourth-order valence-corrected chi connectivity index (χ4v) is 1.93. The first-order chi connectivity index (χ1) is 9.99. The molecule has 7 nitrogen and oxygen atoms in total. The van der Waals surface area contributed by atoms with Gasteiger partial charge < -0.3 is 25.2 Å². The number of methoxy groups -OCH3 is 1. The van der Waals surface area contributed by atoms with Crippen LogP contribution in [0.3, 0.4) is 0 Å². The van der Waals surface area contributed by atoms with E-state index < -0.39 is 12.0 Å². The van der Waals surface area contributed by atoms with E-state index in [9.17, 15) is 9.59 Å². The standard InChI is InChI=1S/C13H17BrN2O5/c1-21-7-5-16(4-6-17)13(20)15-11-8-9(12(18)19)2-3-10(11)14/h2-3,8,17H,4-7H2,1H3,(H,15,20)(H,18,19). The lowest BCUT2D eigenvalue weighted by atomic mass is 10.2. The number of carboxylic acid groups (broad SMARTS) is 1. The molecule has 3 N–H and O–H groups in total. The van der Waals surface area contributed by atoms with Crippen molar-refractivity contribution in [3.63, 3.8) is 0 Å². The molecule has 0 saturated heterocycles. The minimum atomic E-state index is -1.08. The molecule has 1 rings (SSSR count). The van der Waals surface area contributed by atoms with Gasteiger partial charge in [-0.1, -0.05) is 0 Å². The number of aromatic carboxylic acids is 1. The van der Waals surface area contributed by atoms with Crippen LogP contribution in [0.4, 0.5) is 10.5 Å². The fraction of sp³-hybridized carbons (Fsp3) is 0.385. The summed E-state index contributed by atoms with van der Waals surface area (Å²) in [5.41, 5.74) is 0.416. The molecule has 1 aromatic carbocycles. The Balaban J connectivity index is 2.84. The van der Waals surface area contributed by atoms with Crippen LogP contribution in [0, 0.1) is 0 Å². The van der Waals surface area contributed by atoms with Gasteiger partial charge in [-0.2, -0.15) is 0 Å². The molecule has 0 saturated carbocycles. The molecule has 0 bridgehead atoms. The largest absolute Gasteiger partial charge is 0.478 e. The van der Waals surface area contributed by atoms with Crippen LogP contribution in [0.5, 0.6) is 0 Å². The molecule has 0 fully saturated rings. The number of hydrogen-bond acceptors (Lipinski definition) is 4. The maximum Gasteiger partial charge on any atom is 0.335 e. The van der Waals surface area contributed by atoms with E-state index in [1.54, 1.807) is 6.07 Å². The zero-order valence-electron chi connectivity index (χ0n) is 11.5. The maximum atomic E-state index is 12.1. The molecule has 0 spiro atoms. The fourth-order valence-electron chi connectivity index (χ4n) is 1.59. The van der Waals surface area contributed by atoms with Crippen LogP contribution in [0.15, 0.2) is 22.7 Å². The van der Waals surface area contributed by atoms with Gasteiger partial charge in [-0.15, -0.1) is 0 Å². The van der Waals surface area contributed by atoms with E-state index >= 15 is 0 Å². The molecular weight excluding hydrogens is 344 g/mol.